The number of nitrogens with one attached hydrogen (secondary N) is 1. The van der Waals surface area contributed by atoms with E-state index in [0.29, 0.717) is 16.8 Å². The zero-order valence-corrected chi connectivity index (χ0v) is 16.9. The SMILES string of the molecule is C[C@@H](NC(=O)c1ccc(-n2nc3ccccc3n2)nc1)C(=O)N1CCC2(CC1)CC2. The van der Waals surface area contributed by atoms with Crippen LogP contribution in [0.1, 0.15) is 43.0 Å². The summed E-state index contributed by atoms with van der Waals surface area (Å²) in [6, 6.07) is 10.4. The van der Waals surface area contributed by atoms with Gasteiger partial charge in [-0.1, -0.05) is 12.1 Å². The number of rotatable bonds is 4. The minimum atomic E-state index is -0.566. The predicted molar refractivity (Wildman–Crippen MR) is 111 cm³/mol. The molecule has 1 aromatic carbocycles. The van der Waals surface area contributed by atoms with Crippen LogP contribution in [0.5, 0.6) is 0 Å². The summed E-state index contributed by atoms with van der Waals surface area (Å²) in [5.74, 6) is 0.189. The lowest BCUT2D eigenvalue weighted by Crippen LogP contribution is -2.49. The van der Waals surface area contributed by atoms with E-state index in [9.17, 15) is 9.59 Å². The average molecular weight is 404 g/mol. The number of hydrogen-bond donors (Lipinski definition) is 1. The van der Waals surface area contributed by atoms with Crippen molar-refractivity contribution >= 4 is 22.8 Å². The smallest absolute Gasteiger partial charge is 0.253 e. The Morgan fingerprint density at radius 1 is 1.00 bits per heavy atom. The molecule has 0 unspecified atom stereocenters. The Kier molecular flexibility index (Phi) is 4.49. The number of amides is 2. The van der Waals surface area contributed by atoms with E-state index in [0.717, 1.165) is 37.0 Å². The molecule has 1 N–H and O–H groups in total. The summed E-state index contributed by atoms with van der Waals surface area (Å²) in [6.07, 6.45) is 6.25. The molecular weight excluding hydrogens is 380 g/mol. The Balaban J connectivity index is 1.22. The van der Waals surface area contributed by atoms with Crippen LogP contribution < -0.4 is 5.32 Å². The summed E-state index contributed by atoms with van der Waals surface area (Å²) < 4.78 is 0. The highest BCUT2D eigenvalue weighted by Gasteiger charge is 2.45. The third kappa shape index (κ3) is 3.53. The van der Waals surface area contributed by atoms with Crippen LogP contribution in [0.4, 0.5) is 0 Å². The van der Waals surface area contributed by atoms with E-state index in [-0.39, 0.29) is 11.8 Å². The second-order valence-corrected chi connectivity index (χ2v) is 8.40. The van der Waals surface area contributed by atoms with Gasteiger partial charge in [0.05, 0.1) is 5.56 Å². The Hall–Kier alpha value is -3.29. The minimum absolute atomic E-state index is 0.0177. The van der Waals surface area contributed by atoms with Gasteiger partial charge in [0.1, 0.15) is 17.1 Å². The van der Waals surface area contributed by atoms with E-state index in [2.05, 4.69) is 20.5 Å². The van der Waals surface area contributed by atoms with Crippen LogP contribution in [0, 0.1) is 5.41 Å². The van der Waals surface area contributed by atoms with Crippen LogP contribution in [-0.4, -0.2) is 55.8 Å². The molecule has 1 atom stereocenters. The summed E-state index contributed by atoms with van der Waals surface area (Å²) in [5, 5.41) is 11.6. The van der Waals surface area contributed by atoms with E-state index < -0.39 is 6.04 Å². The van der Waals surface area contributed by atoms with Crippen molar-refractivity contribution in [2.24, 2.45) is 5.41 Å². The number of benzene rings is 1. The number of carbonyl (C=O) groups is 2. The number of pyridine rings is 1. The van der Waals surface area contributed by atoms with Crippen LogP contribution in [0.25, 0.3) is 16.9 Å². The third-order valence-electron chi connectivity index (χ3n) is 6.31. The largest absolute Gasteiger partial charge is 0.341 e. The molecule has 1 saturated heterocycles. The molecule has 2 fully saturated rings. The summed E-state index contributed by atoms with van der Waals surface area (Å²) >= 11 is 0. The van der Waals surface area contributed by atoms with E-state index in [1.807, 2.05) is 29.2 Å². The third-order valence-corrected chi connectivity index (χ3v) is 6.31. The summed E-state index contributed by atoms with van der Waals surface area (Å²) in [7, 11) is 0. The van der Waals surface area contributed by atoms with Gasteiger partial charge >= 0.3 is 0 Å². The standard InChI is InChI=1S/C22H24N6O2/c1-15(21(30)27-12-10-22(8-9-22)11-13-27)24-20(29)16-6-7-19(23-14-16)28-25-17-4-2-3-5-18(17)26-28/h2-7,14-15H,8-13H2,1H3,(H,24,29)/t15-/m1/s1. The molecule has 8 heteroatoms. The molecule has 154 valence electrons. The summed E-state index contributed by atoms with van der Waals surface area (Å²) in [4.78, 5) is 32.9. The van der Waals surface area contributed by atoms with Crippen molar-refractivity contribution in [2.75, 3.05) is 13.1 Å². The van der Waals surface area contributed by atoms with Crippen molar-refractivity contribution in [3.8, 4) is 5.82 Å². The van der Waals surface area contributed by atoms with Crippen molar-refractivity contribution in [2.45, 2.75) is 38.6 Å². The fourth-order valence-electron chi connectivity index (χ4n) is 4.09. The number of likely N-dealkylation sites (tertiary alicyclic amines) is 1. The molecule has 8 nitrogen and oxygen atoms in total. The maximum absolute atomic E-state index is 12.7. The number of carbonyl (C=O) groups excluding carboxylic acids is 2. The Morgan fingerprint density at radius 3 is 2.23 bits per heavy atom. The molecule has 3 heterocycles. The molecule has 3 aromatic rings. The van der Waals surface area contributed by atoms with Crippen molar-refractivity contribution in [3.63, 3.8) is 0 Å². The fourth-order valence-corrected chi connectivity index (χ4v) is 4.09. The molecule has 2 aromatic heterocycles. The van der Waals surface area contributed by atoms with Gasteiger partial charge in [0.25, 0.3) is 5.91 Å². The number of aromatic nitrogens is 4. The van der Waals surface area contributed by atoms with Gasteiger partial charge in [-0.2, -0.15) is 0 Å². The van der Waals surface area contributed by atoms with Gasteiger partial charge in [-0.15, -0.1) is 15.0 Å². The van der Waals surface area contributed by atoms with Crippen molar-refractivity contribution < 1.29 is 9.59 Å². The quantitative estimate of drug-likeness (QED) is 0.720. The minimum Gasteiger partial charge on any atom is -0.341 e. The monoisotopic (exact) mass is 404 g/mol. The number of piperidine rings is 1. The molecule has 1 saturated carbocycles. The normalized spacial score (nSPS) is 18.4. The first-order valence-electron chi connectivity index (χ1n) is 10.4. The zero-order valence-electron chi connectivity index (χ0n) is 16.9. The van der Waals surface area contributed by atoms with Gasteiger partial charge < -0.3 is 10.2 Å². The highest BCUT2D eigenvalue weighted by Crippen LogP contribution is 2.53. The average Bonchev–Trinajstić information content (AvgIpc) is 3.38. The van der Waals surface area contributed by atoms with Crippen molar-refractivity contribution in [1.29, 1.82) is 0 Å². The van der Waals surface area contributed by atoms with Gasteiger partial charge in [-0.3, -0.25) is 9.59 Å². The molecule has 1 aliphatic carbocycles. The van der Waals surface area contributed by atoms with Gasteiger partial charge in [-0.25, -0.2) is 4.98 Å². The number of hydrogen-bond acceptors (Lipinski definition) is 5. The molecule has 0 bridgehead atoms. The molecule has 5 rings (SSSR count). The first-order chi connectivity index (χ1) is 14.5. The molecular formula is C22H24N6O2. The lowest BCUT2D eigenvalue weighted by atomic mass is 9.93. The van der Waals surface area contributed by atoms with Gasteiger partial charge in [-0.05, 0) is 62.3 Å². The molecule has 1 aliphatic heterocycles. The van der Waals surface area contributed by atoms with Crippen molar-refractivity contribution in [1.82, 2.24) is 30.2 Å². The van der Waals surface area contributed by atoms with E-state index in [4.69, 9.17) is 0 Å². The second-order valence-electron chi connectivity index (χ2n) is 8.40. The van der Waals surface area contributed by atoms with Gasteiger partial charge in [0.2, 0.25) is 5.91 Å². The maximum Gasteiger partial charge on any atom is 0.253 e. The molecule has 30 heavy (non-hydrogen) atoms. The number of nitrogens with zero attached hydrogens (tertiary/aromatic N) is 5. The van der Waals surface area contributed by atoms with Gasteiger partial charge in [0, 0.05) is 19.3 Å². The first kappa shape index (κ1) is 18.7. The van der Waals surface area contributed by atoms with Crippen molar-refractivity contribution in [3.05, 3.63) is 48.2 Å². The lowest BCUT2D eigenvalue weighted by Gasteiger charge is -2.33. The van der Waals surface area contributed by atoms with Crippen LogP contribution in [-0.2, 0) is 4.79 Å². The van der Waals surface area contributed by atoms with E-state index in [1.54, 1.807) is 19.1 Å². The van der Waals surface area contributed by atoms with Crippen LogP contribution in [0.15, 0.2) is 42.6 Å². The molecule has 0 radical (unpaired) electrons. The van der Waals surface area contributed by atoms with Crippen LogP contribution in [0.3, 0.4) is 0 Å². The highest BCUT2D eigenvalue weighted by molar-refractivity contribution is 5.97. The van der Waals surface area contributed by atoms with Crippen LogP contribution in [0.2, 0.25) is 0 Å². The van der Waals surface area contributed by atoms with E-state index in [1.165, 1.54) is 23.8 Å². The maximum atomic E-state index is 12.7. The highest BCUT2D eigenvalue weighted by atomic mass is 16.2. The lowest BCUT2D eigenvalue weighted by molar-refractivity contribution is -0.134. The van der Waals surface area contributed by atoms with E-state index >= 15 is 0 Å². The Bertz CT molecular complexity index is 1060. The zero-order chi connectivity index (χ0) is 20.7. The first-order valence-corrected chi connectivity index (χ1v) is 10.4. The second kappa shape index (κ2) is 7.19. The molecule has 2 aliphatic rings. The Morgan fingerprint density at radius 2 is 1.67 bits per heavy atom. The fraction of sp³-hybridized carbons (Fsp3) is 0.409. The Labute approximate surface area is 174 Å². The summed E-state index contributed by atoms with van der Waals surface area (Å²) in [6.45, 7) is 3.32. The van der Waals surface area contributed by atoms with Gasteiger partial charge in [0.15, 0.2) is 5.82 Å². The molecule has 1 spiro atoms. The molecule has 2 amide bonds. The topological polar surface area (TPSA) is 93.0 Å². The summed E-state index contributed by atoms with van der Waals surface area (Å²) in [5.41, 5.74) is 2.47. The predicted octanol–water partition coefficient (Wildman–Crippen LogP) is 2.34. The number of fused-ring (bicyclic) bond motifs is 1. The van der Waals surface area contributed by atoms with Crippen LogP contribution >= 0.6 is 0 Å².